The van der Waals surface area contributed by atoms with E-state index in [4.69, 9.17) is 10.5 Å². The third-order valence-electron chi connectivity index (χ3n) is 5.86. The number of carbonyl (C=O) groups excluding carboxylic acids is 1. The van der Waals surface area contributed by atoms with E-state index in [9.17, 15) is 4.79 Å². The van der Waals surface area contributed by atoms with Crippen LogP contribution in [0.25, 0.3) is 0 Å². The zero-order chi connectivity index (χ0) is 15.4. The Kier molecular flexibility index (Phi) is 3.32. The molecule has 3 fully saturated rings. The fraction of sp³-hybridized carbons (Fsp3) is 0.941. The van der Waals surface area contributed by atoms with Crippen molar-refractivity contribution in [2.24, 2.45) is 11.1 Å². The zero-order valence-corrected chi connectivity index (χ0v) is 13.8. The van der Waals surface area contributed by atoms with Crippen molar-refractivity contribution in [3.05, 3.63) is 0 Å². The van der Waals surface area contributed by atoms with Crippen LogP contribution in [0.2, 0.25) is 0 Å². The van der Waals surface area contributed by atoms with Crippen molar-refractivity contribution in [3.63, 3.8) is 0 Å². The smallest absolute Gasteiger partial charge is 0.408 e. The molecule has 0 aromatic carbocycles. The Morgan fingerprint density at radius 1 is 1.00 bits per heavy atom. The maximum absolute atomic E-state index is 12.3. The van der Waals surface area contributed by atoms with Crippen LogP contribution in [0, 0.1) is 5.41 Å². The number of ether oxygens (including phenoxy) is 1. The van der Waals surface area contributed by atoms with Gasteiger partial charge in [-0.2, -0.15) is 0 Å². The molecule has 0 aromatic rings. The van der Waals surface area contributed by atoms with Crippen molar-refractivity contribution in [1.29, 1.82) is 0 Å². The summed E-state index contributed by atoms with van der Waals surface area (Å²) in [5.74, 6) is 0. The van der Waals surface area contributed by atoms with Crippen molar-refractivity contribution in [1.82, 2.24) is 5.32 Å². The maximum atomic E-state index is 12.3. The van der Waals surface area contributed by atoms with Gasteiger partial charge in [-0.1, -0.05) is 19.3 Å². The van der Waals surface area contributed by atoms with Crippen LogP contribution in [-0.4, -0.2) is 22.8 Å². The molecule has 0 spiro atoms. The van der Waals surface area contributed by atoms with Gasteiger partial charge in [0.05, 0.1) is 5.54 Å². The molecule has 0 aliphatic heterocycles. The highest BCUT2D eigenvalue weighted by atomic mass is 16.6. The lowest BCUT2D eigenvalue weighted by Crippen LogP contribution is -2.61. The third kappa shape index (κ3) is 2.56. The first-order chi connectivity index (χ1) is 9.72. The minimum atomic E-state index is -0.445. The molecule has 0 bridgehead atoms. The van der Waals surface area contributed by atoms with Crippen LogP contribution in [-0.2, 0) is 4.74 Å². The summed E-state index contributed by atoms with van der Waals surface area (Å²) in [7, 11) is 0. The Hall–Kier alpha value is -0.770. The molecule has 3 N–H and O–H groups in total. The Morgan fingerprint density at radius 2 is 1.57 bits per heavy atom. The number of nitrogens with one attached hydrogen (secondary N) is 1. The number of hydrogen-bond donors (Lipinski definition) is 2. The van der Waals surface area contributed by atoms with Gasteiger partial charge in [0.25, 0.3) is 0 Å². The van der Waals surface area contributed by atoms with Gasteiger partial charge in [0.15, 0.2) is 0 Å². The number of alkyl carbamates (subject to hydrolysis) is 1. The molecule has 0 heterocycles. The van der Waals surface area contributed by atoms with Gasteiger partial charge < -0.3 is 15.8 Å². The van der Waals surface area contributed by atoms with Crippen molar-refractivity contribution in [3.8, 4) is 0 Å². The summed E-state index contributed by atoms with van der Waals surface area (Å²) in [6, 6.07) is 0. The largest absolute Gasteiger partial charge is 0.444 e. The molecule has 3 rings (SSSR count). The van der Waals surface area contributed by atoms with Gasteiger partial charge in [0, 0.05) is 11.0 Å². The summed E-state index contributed by atoms with van der Waals surface area (Å²) in [4.78, 5) is 12.3. The number of amides is 1. The highest BCUT2D eigenvalue weighted by Gasteiger charge is 2.70. The predicted molar refractivity (Wildman–Crippen MR) is 83.0 cm³/mol. The van der Waals surface area contributed by atoms with E-state index in [0.717, 1.165) is 25.7 Å². The SMILES string of the molecule is CC(C)(C)OC(=O)NC1(C2(C3(N)CC3)CCCCC2)CC1. The second kappa shape index (κ2) is 4.61. The van der Waals surface area contributed by atoms with E-state index in [1.54, 1.807) is 0 Å². The van der Waals surface area contributed by atoms with Gasteiger partial charge in [0.1, 0.15) is 5.60 Å². The van der Waals surface area contributed by atoms with Crippen molar-refractivity contribution in [2.75, 3.05) is 0 Å². The fourth-order valence-corrected chi connectivity index (χ4v) is 4.57. The van der Waals surface area contributed by atoms with E-state index in [1.807, 2.05) is 20.8 Å². The monoisotopic (exact) mass is 294 g/mol. The van der Waals surface area contributed by atoms with Crippen LogP contribution in [0.3, 0.4) is 0 Å². The summed E-state index contributed by atoms with van der Waals surface area (Å²) in [5, 5.41) is 3.24. The van der Waals surface area contributed by atoms with E-state index in [2.05, 4.69) is 5.32 Å². The third-order valence-corrected chi connectivity index (χ3v) is 5.86. The normalized spacial score (nSPS) is 28.6. The van der Waals surface area contributed by atoms with Crippen LogP contribution in [0.15, 0.2) is 0 Å². The number of nitrogens with two attached hydrogens (primary N) is 1. The lowest BCUT2D eigenvalue weighted by atomic mass is 9.61. The van der Waals surface area contributed by atoms with Crippen LogP contribution in [0.4, 0.5) is 4.79 Å². The van der Waals surface area contributed by atoms with E-state index < -0.39 is 5.60 Å². The zero-order valence-electron chi connectivity index (χ0n) is 13.8. The molecule has 0 unspecified atom stereocenters. The Bertz CT molecular complexity index is 425. The van der Waals surface area contributed by atoms with Crippen LogP contribution >= 0.6 is 0 Å². The molecule has 3 aliphatic carbocycles. The fourth-order valence-electron chi connectivity index (χ4n) is 4.57. The van der Waals surface area contributed by atoms with Crippen LogP contribution in [0.5, 0.6) is 0 Å². The minimum Gasteiger partial charge on any atom is -0.444 e. The van der Waals surface area contributed by atoms with Crippen LogP contribution in [0.1, 0.15) is 78.6 Å². The maximum Gasteiger partial charge on any atom is 0.408 e. The molecule has 1 amide bonds. The standard InChI is InChI=1S/C17H30N2O2/c1-14(2,3)21-13(20)19-17(11-12-17)15(16(18)9-10-16)7-5-4-6-8-15/h4-12,18H2,1-3H3,(H,19,20). The molecule has 0 saturated heterocycles. The van der Waals surface area contributed by atoms with Crippen molar-refractivity contribution >= 4 is 6.09 Å². The van der Waals surface area contributed by atoms with Gasteiger partial charge >= 0.3 is 6.09 Å². The molecule has 21 heavy (non-hydrogen) atoms. The molecule has 0 atom stereocenters. The molecular weight excluding hydrogens is 264 g/mol. The van der Waals surface area contributed by atoms with Gasteiger partial charge in [-0.05, 0) is 59.3 Å². The first-order valence-corrected chi connectivity index (χ1v) is 8.52. The van der Waals surface area contributed by atoms with Gasteiger partial charge in [-0.25, -0.2) is 4.79 Å². The summed E-state index contributed by atoms with van der Waals surface area (Å²) in [6.45, 7) is 5.73. The van der Waals surface area contributed by atoms with E-state index in [0.29, 0.717) is 0 Å². The molecule has 0 aromatic heterocycles. The van der Waals surface area contributed by atoms with Gasteiger partial charge in [0.2, 0.25) is 0 Å². The average Bonchev–Trinajstić information content (AvgIpc) is 3.27. The molecule has 3 saturated carbocycles. The Morgan fingerprint density at radius 3 is 2.00 bits per heavy atom. The van der Waals surface area contributed by atoms with Crippen LogP contribution < -0.4 is 11.1 Å². The molecule has 120 valence electrons. The van der Waals surface area contributed by atoms with Gasteiger partial charge in [-0.15, -0.1) is 0 Å². The summed E-state index contributed by atoms with van der Waals surface area (Å²) >= 11 is 0. The quantitative estimate of drug-likeness (QED) is 0.837. The number of rotatable bonds is 3. The summed E-state index contributed by atoms with van der Waals surface area (Å²) in [5.41, 5.74) is 6.22. The molecule has 4 heteroatoms. The Balaban J connectivity index is 1.78. The predicted octanol–water partition coefficient (Wildman–Crippen LogP) is 3.49. The Labute approximate surface area is 128 Å². The topological polar surface area (TPSA) is 64.3 Å². The first kappa shape index (κ1) is 15.1. The highest BCUT2D eigenvalue weighted by molar-refractivity contribution is 5.70. The average molecular weight is 294 g/mol. The summed E-state index contributed by atoms with van der Waals surface area (Å²) in [6.07, 6.45) is 10.2. The summed E-state index contributed by atoms with van der Waals surface area (Å²) < 4.78 is 5.49. The first-order valence-electron chi connectivity index (χ1n) is 8.52. The highest BCUT2D eigenvalue weighted by Crippen LogP contribution is 2.67. The van der Waals surface area contributed by atoms with Crippen molar-refractivity contribution in [2.45, 2.75) is 95.2 Å². The minimum absolute atomic E-state index is 0.0427. The molecular formula is C17H30N2O2. The van der Waals surface area contributed by atoms with E-state index in [1.165, 1.54) is 32.1 Å². The second-order valence-corrected chi connectivity index (χ2v) is 8.51. The van der Waals surface area contributed by atoms with Crippen molar-refractivity contribution < 1.29 is 9.53 Å². The van der Waals surface area contributed by atoms with E-state index >= 15 is 0 Å². The molecule has 4 nitrogen and oxygen atoms in total. The molecule has 0 radical (unpaired) electrons. The van der Waals surface area contributed by atoms with E-state index in [-0.39, 0.29) is 22.6 Å². The molecule has 3 aliphatic rings. The lowest BCUT2D eigenvalue weighted by molar-refractivity contribution is 0.0245. The second-order valence-electron chi connectivity index (χ2n) is 8.51. The number of hydrogen-bond acceptors (Lipinski definition) is 3. The number of carbonyl (C=O) groups is 1. The van der Waals surface area contributed by atoms with Gasteiger partial charge in [-0.3, -0.25) is 0 Å². The lowest BCUT2D eigenvalue weighted by Gasteiger charge is -2.49.